The molecule has 0 aliphatic heterocycles. The van der Waals surface area contributed by atoms with Gasteiger partial charge in [-0.05, 0) is 79.2 Å². The largest absolute Gasteiger partial charge is 0.493 e. The first-order valence-electron chi connectivity index (χ1n) is 13.9. The highest BCUT2D eigenvalue weighted by molar-refractivity contribution is 5.73. The van der Waals surface area contributed by atoms with E-state index in [0.717, 1.165) is 44.1 Å². The summed E-state index contributed by atoms with van der Waals surface area (Å²) < 4.78 is 50.2. The molecule has 0 bridgehead atoms. The predicted molar refractivity (Wildman–Crippen MR) is 153 cm³/mol. The smallest absolute Gasteiger partial charge is 0.166 e. The van der Waals surface area contributed by atoms with Crippen LogP contribution in [0.2, 0.25) is 0 Å². The van der Waals surface area contributed by atoms with Gasteiger partial charge in [-0.2, -0.15) is 0 Å². The molecule has 206 valence electrons. The Morgan fingerprint density at radius 1 is 0.949 bits per heavy atom. The zero-order chi connectivity index (χ0) is 27.8. The molecule has 0 heterocycles. The lowest BCUT2D eigenvalue weighted by Crippen LogP contribution is -2.25. The zero-order valence-corrected chi connectivity index (χ0v) is 22.5. The number of halogens is 3. The number of ether oxygens (including phenoxy) is 1. The van der Waals surface area contributed by atoms with E-state index >= 15 is 4.39 Å². The topological polar surface area (TPSA) is 29.5 Å². The average molecular weight is 535 g/mol. The van der Waals surface area contributed by atoms with Crippen LogP contribution in [0.25, 0.3) is 23.3 Å². The maximum atomic E-state index is 15.0. The van der Waals surface area contributed by atoms with Crippen LogP contribution in [-0.4, -0.2) is 17.8 Å². The van der Waals surface area contributed by atoms with Crippen molar-refractivity contribution in [3.05, 3.63) is 101 Å². The van der Waals surface area contributed by atoms with Crippen molar-refractivity contribution in [2.75, 3.05) is 6.61 Å². The maximum Gasteiger partial charge on any atom is 0.166 e. The minimum atomic E-state index is -0.842. The minimum absolute atomic E-state index is 0.0247. The fourth-order valence-corrected chi connectivity index (χ4v) is 5.41. The van der Waals surface area contributed by atoms with Crippen molar-refractivity contribution in [3.8, 4) is 16.9 Å². The molecule has 0 radical (unpaired) electrons. The Hall–Kier alpha value is -3.31. The molecule has 3 aromatic rings. The first kappa shape index (κ1) is 28.7. The fourth-order valence-electron chi connectivity index (χ4n) is 5.41. The SMILES string of the molecule is C=CCCOc1ccc(-c2ccc(/C=C/c3ccc(C4CCC(C(O)CCC)CC4)c(F)c3F)cc2)c(F)c1. The third kappa shape index (κ3) is 7.21. The monoisotopic (exact) mass is 534 g/mol. The Morgan fingerprint density at radius 2 is 1.69 bits per heavy atom. The first-order valence-corrected chi connectivity index (χ1v) is 13.9. The summed E-state index contributed by atoms with van der Waals surface area (Å²) in [6, 6.07) is 15.3. The van der Waals surface area contributed by atoms with Crippen LogP contribution in [0.4, 0.5) is 13.2 Å². The molecule has 4 rings (SSSR count). The van der Waals surface area contributed by atoms with Crippen molar-refractivity contribution in [2.45, 2.75) is 63.9 Å². The van der Waals surface area contributed by atoms with Gasteiger partial charge in [0.05, 0.1) is 12.7 Å². The van der Waals surface area contributed by atoms with Crippen LogP contribution >= 0.6 is 0 Å². The molecule has 1 aliphatic rings. The van der Waals surface area contributed by atoms with Gasteiger partial charge in [0.25, 0.3) is 0 Å². The van der Waals surface area contributed by atoms with Crippen molar-refractivity contribution in [3.63, 3.8) is 0 Å². The molecule has 1 unspecified atom stereocenters. The van der Waals surface area contributed by atoms with Gasteiger partial charge in [-0.15, -0.1) is 6.58 Å². The fraction of sp³-hybridized carbons (Fsp3) is 0.353. The van der Waals surface area contributed by atoms with Crippen molar-refractivity contribution in [1.29, 1.82) is 0 Å². The van der Waals surface area contributed by atoms with E-state index in [2.05, 4.69) is 13.5 Å². The van der Waals surface area contributed by atoms with Crippen LogP contribution in [0.15, 0.2) is 67.3 Å². The lowest BCUT2D eigenvalue weighted by molar-refractivity contribution is 0.0727. The first-order chi connectivity index (χ1) is 18.9. The highest BCUT2D eigenvalue weighted by atomic mass is 19.2. The normalized spacial score (nSPS) is 18.3. The van der Waals surface area contributed by atoms with Gasteiger partial charge >= 0.3 is 0 Å². The summed E-state index contributed by atoms with van der Waals surface area (Å²) >= 11 is 0. The van der Waals surface area contributed by atoms with Crippen molar-refractivity contribution in [2.24, 2.45) is 5.92 Å². The van der Waals surface area contributed by atoms with E-state index < -0.39 is 11.6 Å². The lowest BCUT2D eigenvalue weighted by Gasteiger charge is -2.32. The molecule has 1 aliphatic carbocycles. The molecule has 0 aromatic heterocycles. The van der Waals surface area contributed by atoms with E-state index in [0.29, 0.717) is 35.5 Å². The molecule has 1 atom stereocenters. The van der Waals surface area contributed by atoms with Crippen LogP contribution in [0.1, 0.15) is 74.5 Å². The van der Waals surface area contributed by atoms with Crippen LogP contribution in [0, 0.1) is 23.4 Å². The van der Waals surface area contributed by atoms with E-state index in [-0.39, 0.29) is 29.3 Å². The molecule has 1 fully saturated rings. The van der Waals surface area contributed by atoms with E-state index in [1.165, 1.54) is 6.07 Å². The number of hydrogen-bond acceptors (Lipinski definition) is 2. The molecule has 0 saturated heterocycles. The Morgan fingerprint density at radius 3 is 2.36 bits per heavy atom. The summed E-state index contributed by atoms with van der Waals surface area (Å²) in [7, 11) is 0. The maximum absolute atomic E-state index is 15.0. The van der Waals surface area contributed by atoms with E-state index in [9.17, 15) is 13.9 Å². The standard InChI is InChI=1S/C34H37F3O2/c1-3-5-21-39-28-18-20-29(31(35)22-28)24-10-7-23(8-11-24)9-12-27-17-19-30(34(37)33(27)36)25-13-15-26(16-14-25)32(38)6-4-2/h3,7-12,17-20,22,25-26,32,38H,1,4-6,13-16,21H2,2H3/b12-9+. The van der Waals surface area contributed by atoms with Crippen molar-refractivity contribution in [1.82, 2.24) is 0 Å². The van der Waals surface area contributed by atoms with Gasteiger partial charge in [0.15, 0.2) is 11.6 Å². The van der Waals surface area contributed by atoms with Crippen LogP contribution < -0.4 is 4.74 Å². The summed E-state index contributed by atoms with van der Waals surface area (Å²) in [6.45, 7) is 6.14. The Labute approximate surface area is 229 Å². The second-order valence-electron chi connectivity index (χ2n) is 10.4. The van der Waals surface area contributed by atoms with Gasteiger partial charge in [-0.3, -0.25) is 0 Å². The summed E-state index contributed by atoms with van der Waals surface area (Å²) in [6.07, 6.45) is 10.3. The second kappa shape index (κ2) is 13.7. The Kier molecular flexibility index (Phi) is 10.0. The number of benzene rings is 3. The molecule has 1 N–H and O–H groups in total. The van der Waals surface area contributed by atoms with Gasteiger partial charge < -0.3 is 9.84 Å². The zero-order valence-electron chi connectivity index (χ0n) is 22.5. The number of aliphatic hydroxyl groups is 1. The van der Waals surface area contributed by atoms with Crippen molar-refractivity contribution >= 4 is 12.2 Å². The summed E-state index contributed by atoms with van der Waals surface area (Å²) in [4.78, 5) is 0. The molecule has 2 nitrogen and oxygen atoms in total. The average Bonchev–Trinajstić information content (AvgIpc) is 2.95. The number of rotatable bonds is 11. The quantitative estimate of drug-likeness (QED) is 0.151. The highest BCUT2D eigenvalue weighted by Gasteiger charge is 2.29. The lowest BCUT2D eigenvalue weighted by atomic mass is 9.76. The molecule has 0 amide bonds. The number of hydrogen-bond donors (Lipinski definition) is 1. The summed E-state index contributed by atoms with van der Waals surface area (Å²) in [5.74, 6) is -1.30. The summed E-state index contributed by atoms with van der Waals surface area (Å²) in [5.41, 5.74) is 2.57. The van der Waals surface area contributed by atoms with Crippen molar-refractivity contribution < 1.29 is 23.0 Å². The Balaban J connectivity index is 1.40. The molecule has 3 aromatic carbocycles. The van der Waals surface area contributed by atoms with Gasteiger partial charge in [0.1, 0.15) is 11.6 Å². The molecule has 39 heavy (non-hydrogen) atoms. The van der Waals surface area contributed by atoms with Gasteiger partial charge in [0, 0.05) is 17.2 Å². The van der Waals surface area contributed by atoms with Gasteiger partial charge in [-0.25, -0.2) is 13.2 Å². The highest BCUT2D eigenvalue weighted by Crippen LogP contribution is 2.39. The van der Waals surface area contributed by atoms with Crippen LogP contribution in [0.5, 0.6) is 5.75 Å². The molecule has 5 heteroatoms. The number of aliphatic hydroxyl groups excluding tert-OH is 1. The molecule has 1 saturated carbocycles. The van der Waals surface area contributed by atoms with E-state index in [1.807, 2.05) is 12.1 Å². The third-order valence-corrected chi connectivity index (χ3v) is 7.69. The van der Waals surface area contributed by atoms with Crippen LogP contribution in [0.3, 0.4) is 0 Å². The third-order valence-electron chi connectivity index (χ3n) is 7.69. The molecular weight excluding hydrogens is 497 g/mol. The van der Waals surface area contributed by atoms with Crippen LogP contribution in [-0.2, 0) is 0 Å². The summed E-state index contributed by atoms with van der Waals surface area (Å²) in [5, 5.41) is 10.3. The predicted octanol–water partition coefficient (Wildman–Crippen LogP) is 9.33. The second-order valence-corrected chi connectivity index (χ2v) is 10.4. The molecule has 0 spiro atoms. The van der Waals surface area contributed by atoms with Gasteiger partial charge in [0.2, 0.25) is 0 Å². The van der Waals surface area contributed by atoms with Gasteiger partial charge in [-0.1, -0.05) is 68.0 Å². The van der Waals surface area contributed by atoms with E-state index in [4.69, 9.17) is 4.74 Å². The van der Waals surface area contributed by atoms with E-state index in [1.54, 1.807) is 54.6 Å². The Bertz CT molecular complexity index is 1270. The minimum Gasteiger partial charge on any atom is -0.493 e. The molecular formula is C34H37F3O2.